The number of benzene rings is 2. The normalized spacial score (nSPS) is 16.4. The molecule has 1 aliphatic carbocycles. The summed E-state index contributed by atoms with van der Waals surface area (Å²) in [4.78, 5) is 0. The van der Waals surface area contributed by atoms with Crippen LogP contribution in [0.2, 0.25) is 0 Å². The van der Waals surface area contributed by atoms with Crippen molar-refractivity contribution in [1.82, 2.24) is 5.32 Å². The molecule has 1 fully saturated rings. The van der Waals surface area contributed by atoms with E-state index >= 15 is 0 Å². The van der Waals surface area contributed by atoms with Gasteiger partial charge in [0.25, 0.3) is 0 Å². The molecule has 0 atom stereocenters. The second kappa shape index (κ2) is 8.35. The van der Waals surface area contributed by atoms with Crippen LogP contribution in [0.3, 0.4) is 0 Å². The molecule has 23 heavy (non-hydrogen) atoms. The highest BCUT2D eigenvalue weighted by Crippen LogP contribution is 2.29. The van der Waals surface area contributed by atoms with E-state index in [2.05, 4.69) is 48.6 Å². The Bertz CT molecular complexity index is 614. The van der Waals surface area contributed by atoms with E-state index in [9.17, 15) is 0 Å². The Kier molecular flexibility index (Phi) is 5.93. The van der Waals surface area contributed by atoms with Crippen molar-refractivity contribution in [3.05, 3.63) is 42.0 Å². The molecule has 0 spiro atoms. The molecule has 1 N–H and O–H groups in total. The molecule has 0 amide bonds. The van der Waals surface area contributed by atoms with E-state index in [1.807, 2.05) is 0 Å². The summed E-state index contributed by atoms with van der Waals surface area (Å²) in [6, 6.07) is 13.6. The zero-order valence-electron chi connectivity index (χ0n) is 14.3. The van der Waals surface area contributed by atoms with Crippen LogP contribution < -0.4 is 10.1 Å². The Morgan fingerprint density at radius 2 is 1.78 bits per heavy atom. The monoisotopic (exact) mass is 311 g/mol. The van der Waals surface area contributed by atoms with Crippen molar-refractivity contribution < 1.29 is 4.74 Å². The van der Waals surface area contributed by atoms with Gasteiger partial charge in [-0.15, -0.1) is 0 Å². The summed E-state index contributed by atoms with van der Waals surface area (Å²) < 4.78 is 6.02. The van der Waals surface area contributed by atoms with Gasteiger partial charge in [0.1, 0.15) is 5.75 Å². The number of ether oxygens (including phenoxy) is 1. The SMILES string of the molecule is CCCOc1ccc2ccccc2c1CNC1CCCCCC1. The van der Waals surface area contributed by atoms with Crippen LogP contribution in [0, 0.1) is 0 Å². The van der Waals surface area contributed by atoms with Crippen LogP contribution >= 0.6 is 0 Å². The van der Waals surface area contributed by atoms with Crippen molar-refractivity contribution in [3.63, 3.8) is 0 Å². The fourth-order valence-corrected chi connectivity index (χ4v) is 3.58. The molecule has 3 rings (SSSR count). The molecule has 2 aromatic carbocycles. The zero-order chi connectivity index (χ0) is 15.9. The van der Waals surface area contributed by atoms with Gasteiger partial charge in [-0.25, -0.2) is 0 Å². The van der Waals surface area contributed by atoms with Crippen LogP contribution in [0.5, 0.6) is 5.75 Å². The molecule has 124 valence electrons. The van der Waals surface area contributed by atoms with Gasteiger partial charge >= 0.3 is 0 Å². The molecule has 0 aliphatic heterocycles. The van der Waals surface area contributed by atoms with E-state index in [1.165, 1.54) is 54.9 Å². The molecule has 2 nitrogen and oxygen atoms in total. The van der Waals surface area contributed by atoms with Gasteiger partial charge < -0.3 is 10.1 Å². The topological polar surface area (TPSA) is 21.3 Å². The second-order valence-electron chi connectivity index (χ2n) is 6.68. The Morgan fingerprint density at radius 1 is 1.00 bits per heavy atom. The molecule has 0 bridgehead atoms. The van der Waals surface area contributed by atoms with Gasteiger partial charge in [-0.2, -0.15) is 0 Å². The summed E-state index contributed by atoms with van der Waals surface area (Å²) in [5.41, 5.74) is 1.32. The number of rotatable bonds is 6. The fourth-order valence-electron chi connectivity index (χ4n) is 3.58. The first-order valence-electron chi connectivity index (χ1n) is 9.25. The maximum absolute atomic E-state index is 6.02. The van der Waals surface area contributed by atoms with Crippen LogP contribution in [-0.2, 0) is 6.54 Å². The lowest BCUT2D eigenvalue weighted by Crippen LogP contribution is -2.28. The van der Waals surface area contributed by atoms with Crippen LogP contribution in [0.1, 0.15) is 57.4 Å². The largest absolute Gasteiger partial charge is 0.493 e. The highest BCUT2D eigenvalue weighted by Gasteiger charge is 2.14. The second-order valence-corrected chi connectivity index (χ2v) is 6.68. The van der Waals surface area contributed by atoms with Gasteiger partial charge in [0.05, 0.1) is 6.61 Å². The van der Waals surface area contributed by atoms with Crippen LogP contribution in [0.25, 0.3) is 10.8 Å². The van der Waals surface area contributed by atoms with E-state index in [0.717, 1.165) is 25.3 Å². The standard InChI is InChI=1S/C21H29NO/c1-2-15-23-21-14-13-17-9-7-8-12-19(17)20(21)16-22-18-10-5-3-4-6-11-18/h7-9,12-14,18,22H,2-6,10-11,15-16H2,1H3. The Labute approximate surface area is 140 Å². The van der Waals surface area contributed by atoms with Crippen LogP contribution in [-0.4, -0.2) is 12.6 Å². The van der Waals surface area contributed by atoms with Crippen molar-refractivity contribution in [2.75, 3.05) is 6.61 Å². The van der Waals surface area contributed by atoms with E-state index < -0.39 is 0 Å². The molecule has 1 aliphatic rings. The third kappa shape index (κ3) is 4.26. The van der Waals surface area contributed by atoms with Crippen LogP contribution in [0.4, 0.5) is 0 Å². The predicted octanol–water partition coefficient (Wildman–Crippen LogP) is 5.44. The van der Waals surface area contributed by atoms with E-state index in [1.54, 1.807) is 0 Å². The first-order valence-corrected chi connectivity index (χ1v) is 9.25. The highest BCUT2D eigenvalue weighted by molar-refractivity contribution is 5.87. The summed E-state index contributed by atoms with van der Waals surface area (Å²) in [5.74, 6) is 1.05. The number of hydrogen-bond acceptors (Lipinski definition) is 2. The summed E-state index contributed by atoms with van der Waals surface area (Å²) in [7, 11) is 0. The number of nitrogens with one attached hydrogen (secondary N) is 1. The lowest BCUT2D eigenvalue weighted by Gasteiger charge is -2.19. The van der Waals surface area contributed by atoms with Crippen molar-refractivity contribution in [2.45, 2.75) is 64.5 Å². The summed E-state index contributed by atoms with van der Waals surface area (Å²) in [5, 5.41) is 6.43. The molecule has 0 saturated heterocycles. The summed E-state index contributed by atoms with van der Waals surface area (Å²) in [6.45, 7) is 3.85. The minimum atomic E-state index is 0.662. The molecular weight excluding hydrogens is 282 g/mol. The maximum atomic E-state index is 6.02. The molecule has 2 heteroatoms. The van der Waals surface area contributed by atoms with Crippen LogP contribution in [0.15, 0.2) is 36.4 Å². The highest BCUT2D eigenvalue weighted by atomic mass is 16.5. The van der Waals surface area contributed by atoms with Gasteiger partial charge in [0.2, 0.25) is 0 Å². The van der Waals surface area contributed by atoms with Gasteiger partial charge in [0, 0.05) is 18.2 Å². The van der Waals surface area contributed by atoms with Crippen molar-refractivity contribution in [2.24, 2.45) is 0 Å². The molecule has 0 heterocycles. The first kappa shape index (κ1) is 16.3. The average molecular weight is 311 g/mol. The number of fused-ring (bicyclic) bond motifs is 1. The van der Waals surface area contributed by atoms with Gasteiger partial charge in [-0.05, 0) is 36.1 Å². The Hall–Kier alpha value is -1.54. The minimum Gasteiger partial charge on any atom is -0.493 e. The van der Waals surface area contributed by atoms with Crippen molar-refractivity contribution in [3.8, 4) is 5.75 Å². The lowest BCUT2D eigenvalue weighted by molar-refractivity contribution is 0.313. The molecular formula is C21H29NO. The smallest absolute Gasteiger partial charge is 0.124 e. The Morgan fingerprint density at radius 3 is 2.57 bits per heavy atom. The maximum Gasteiger partial charge on any atom is 0.124 e. The summed E-state index contributed by atoms with van der Waals surface area (Å²) >= 11 is 0. The summed E-state index contributed by atoms with van der Waals surface area (Å²) in [6.07, 6.45) is 9.21. The molecule has 0 aromatic heterocycles. The van der Waals surface area contributed by atoms with Gasteiger partial charge in [0.15, 0.2) is 0 Å². The van der Waals surface area contributed by atoms with E-state index in [0.29, 0.717) is 6.04 Å². The zero-order valence-corrected chi connectivity index (χ0v) is 14.3. The van der Waals surface area contributed by atoms with Crippen molar-refractivity contribution >= 4 is 10.8 Å². The Balaban J connectivity index is 1.80. The van der Waals surface area contributed by atoms with E-state index in [-0.39, 0.29) is 0 Å². The van der Waals surface area contributed by atoms with Crippen molar-refractivity contribution in [1.29, 1.82) is 0 Å². The number of hydrogen-bond donors (Lipinski definition) is 1. The van der Waals surface area contributed by atoms with Gasteiger partial charge in [-0.1, -0.05) is 62.9 Å². The van der Waals surface area contributed by atoms with E-state index in [4.69, 9.17) is 4.74 Å². The molecule has 0 unspecified atom stereocenters. The molecule has 1 saturated carbocycles. The predicted molar refractivity (Wildman–Crippen MR) is 98.1 cm³/mol. The fraction of sp³-hybridized carbons (Fsp3) is 0.524. The average Bonchev–Trinajstić information content (AvgIpc) is 2.87. The third-order valence-corrected chi connectivity index (χ3v) is 4.88. The minimum absolute atomic E-state index is 0.662. The quantitative estimate of drug-likeness (QED) is 0.717. The molecule has 2 aromatic rings. The third-order valence-electron chi connectivity index (χ3n) is 4.88. The first-order chi connectivity index (χ1) is 11.4. The van der Waals surface area contributed by atoms with Gasteiger partial charge in [-0.3, -0.25) is 0 Å². The lowest BCUT2D eigenvalue weighted by atomic mass is 10.0. The molecule has 0 radical (unpaired) electrons.